The fraction of sp³-hybridized carbons (Fsp3) is 0.161. The monoisotopic (exact) mass is 818 g/mol. The van der Waals surface area contributed by atoms with Crippen LogP contribution in [0.3, 0.4) is 0 Å². The minimum atomic E-state index is 0.142. The van der Waals surface area contributed by atoms with Crippen molar-refractivity contribution in [2.75, 3.05) is 0 Å². The third-order valence-corrected chi connectivity index (χ3v) is 16.7. The Hall–Kier alpha value is -7.16. The zero-order chi connectivity index (χ0) is 41.7. The molecule has 5 aliphatic carbocycles. The van der Waals surface area contributed by atoms with Crippen LogP contribution in [0.25, 0.3) is 99.1 Å². The van der Waals surface area contributed by atoms with Crippen molar-refractivity contribution >= 4 is 54.4 Å². The molecule has 2 nitrogen and oxygen atoms in total. The Labute approximate surface area is 373 Å². The van der Waals surface area contributed by atoms with E-state index in [2.05, 4.69) is 203 Å². The van der Waals surface area contributed by atoms with Crippen LogP contribution in [0, 0.1) is 23.7 Å². The highest BCUT2D eigenvalue weighted by Crippen LogP contribution is 2.69. The summed E-state index contributed by atoms with van der Waals surface area (Å²) in [5, 5.41) is 7.66. The Morgan fingerprint density at radius 3 is 1.56 bits per heavy atom. The van der Waals surface area contributed by atoms with E-state index in [1.165, 1.54) is 131 Å². The Morgan fingerprint density at radius 2 is 0.859 bits per heavy atom. The summed E-state index contributed by atoms with van der Waals surface area (Å²) in [4.78, 5) is 0. The van der Waals surface area contributed by atoms with E-state index in [1.807, 2.05) is 0 Å². The summed E-state index contributed by atoms with van der Waals surface area (Å²) in [5.74, 6) is 3.34. The van der Waals surface area contributed by atoms with E-state index in [1.54, 1.807) is 11.1 Å². The van der Waals surface area contributed by atoms with E-state index in [-0.39, 0.29) is 5.41 Å². The molecule has 0 saturated heterocycles. The molecule has 304 valence electrons. The summed E-state index contributed by atoms with van der Waals surface area (Å²) < 4.78 is 5.00. The second kappa shape index (κ2) is 13.0. The SMILES string of the molecule is c1cc(-c2ccc3ccccc3c2)cc(-n2c3ccccc3c3cc(-c4ccc5c(c4)c4ccccc4n5-c4ccc5c(c4)C4(c6ccccc6-5)C5CC6CC(C5)CC4C6)ccc32)c1. The predicted octanol–water partition coefficient (Wildman–Crippen LogP) is 16.1. The average Bonchev–Trinajstić information content (AvgIpc) is 3.96. The number of fused-ring (bicyclic) bond motifs is 10. The summed E-state index contributed by atoms with van der Waals surface area (Å²) in [6.07, 6.45) is 7.06. The first-order valence-corrected chi connectivity index (χ1v) is 23.6. The van der Waals surface area contributed by atoms with Crippen LogP contribution in [0.2, 0.25) is 0 Å². The van der Waals surface area contributed by atoms with Crippen LogP contribution in [-0.4, -0.2) is 9.13 Å². The molecule has 0 N–H and O–H groups in total. The van der Waals surface area contributed by atoms with E-state index in [9.17, 15) is 0 Å². The molecule has 9 aromatic carbocycles. The third kappa shape index (κ3) is 4.76. The lowest BCUT2D eigenvalue weighted by Crippen LogP contribution is -2.55. The zero-order valence-electron chi connectivity index (χ0n) is 35.7. The van der Waals surface area contributed by atoms with E-state index < -0.39 is 0 Å². The Kier molecular flexibility index (Phi) is 7.15. The van der Waals surface area contributed by atoms with Gasteiger partial charge in [0, 0.05) is 38.3 Å². The van der Waals surface area contributed by atoms with Crippen molar-refractivity contribution in [3.8, 4) is 44.8 Å². The van der Waals surface area contributed by atoms with Gasteiger partial charge in [0.05, 0.1) is 22.1 Å². The van der Waals surface area contributed by atoms with Crippen molar-refractivity contribution in [1.29, 1.82) is 0 Å². The number of nitrogens with zero attached hydrogens (tertiary/aromatic N) is 2. The van der Waals surface area contributed by atoms with Gasteiger partial charge < -0.3 is 9.13 Å². The molecular weight excluding hydrogens is 773 g/mol. The summed E-state index contributed by atoms with van der Waals surface area (Å²) >= 11 is 0. The van der Waals surface area contributed by atoms with E-state index in [0.717, 1.165) is 23.7 Å². The largest absolute Gasteiger partial charge is 0.309 e. The maximum absolute atomic E-state index is 2.64. The number of benzene rings is 9. The molecule has 0 aliphatic heterocycles. The van der Waals surface area contributed by atoms with Gasteiger partial charge in [0.1, 0.15) is 0 Å². The first-order valence-electron chi connectivity index (χ1n) is 23.6. The van der Waals surface area contributed by atoms with Gasteiger partial charge in [-0.05, 0) is 178 Å². The van der Waals surface area contributed by atoms with Crippen LogP contribution >= 0.6 is 0 Å². The molecule has 4 fully saturated rings. The summed E-state index contributed by atoms with van der Waals surface area (Å²) in [5.41, 5.74) is 18.7. The summed E-state index contributed by atoms with van der Waals surface area (Å²) in [6.45, 7) is 0. The molecule has 1 spiro atoms. The number of hydrogen-bond acceptors (Lipinski definition) is 0. The van der Waals surface area contributed by atoms with Gasteiger partial charge in [-0.2, -0.15) is 0 Å². The quantitative estimate of drug-likeness (QED) is 0.167. The molecule has 11 aromatic rings. The zero-order valence-corrected chi connectivity index (χ0v) is 35.7. The van der Waals surface area contributed by atoms with Crippen LogP contribution < -0.4 is 0 Å². The van der Waals surface area contributed by atoms with Crippen molar-refractivity contribution in [2.45, 2.75) is 37.5 Å². The summed E-state index contributed by atoms with van der Waals surface area (Å²) in [7, 11) is 0. The highest BCUT2D eigenvalue weighted by atomic mass is 15.0. The second-order valence-electron chi connectivity index (χ2n) is 19.7. The van der Waals surface area contributed by atoms with E-state index in [4.69, 9.17) is 0 Å². The molecule has 0 atom stereocenters. The van der Waals surface area contributed by atoms with Crippen molar-refractivity contribution in [1.82, 2.24) is 9.13 Å². The number of para-hydroxylation sites is 2. The molecular formula is C62H46N2. The van der Waals surface area contributed by atoms with E-state index >= 15 is 0 Å². The van der Waals surface area contributed by atoms with Crippen molar-refractivity contribution in [3.05, 3.63) is 205 Å². The first-order chi connectivity index (χ1) is 31.7. The van der Waals surface area contributed by atoms with Gasteiger partial charge in [-0.3, -0.25) is 0 Å². The minimum Gasteiger partial charge on any atom is -0.309 e. The van der Waals surface area contributed by atoms with Crippen molar-refractivity contribution < 1.29 is 0 Å². The maximum atomic E-state index is 2.64. The second-order valence-corrected chi connectivity index (χ2v) is 19.7. The van der Waals surface area contributed by atoms with Gasteiger partial charge in [-0.25, -0.2) is 0 Å². The molecule has 5 aliphatic rings. The van der Waals surface area contributed by atoms with Crippen LogP contribution in [-0.2, 0) is 5.41 Å². The molecule has 0 radical (unpaired) electrons. The molecule has 64 heavy (non-hydrogen) atoms. The lowest BCUT2D eigenvalue weighted by molar-refractivity contribution is -0.0399. The molecule has 16 rings (SSSR count). The van der Waals surface area contributed by atoms with Gasteiger partial charge in [-0.15, -0.1) is 0 Å². The van der Waals surface area contributed by atoms with Gasteiger partial charge in [0.25, 0.3) is 0 Å². The molecule has 0 unspecified atom stereocenters. The van der Waals surface area contributed by atoms with Crippen LogP contribution in [0.15, 0.2) is 194 Å². The fourth-order valence-electron chi connectivity index (χ4n) is 14.3. The van der Waals surface area contributed by atoms with Crippen LogP contribution in [0.4, 0.5) is 0 Å². The van der Waals surface area contributed by atoms with Crippen LogP contribution in [0.5, 0.6) is 0 Å². The summed E-state index contributed by atoms with van der Waals surface area (Å²) in [6, 6.07) is 73.7. The van der Waals surface area contributed by atoms with Gasteiger partial charge in [-0.1, -0.05) is 127 Å². The first kappa shape index (κ1) is 35.3. The highest BCUT2D eigenvalue weighted by molar-refractivity contribution is 6.13. The van der Waals surface area contributed by atoms with Gasteiger partial charge in [0.15, 0.2) is 0 Å². The molecule has 2 heterocycles. The Bertz CT molecular complexity index is 3730. The van der Waals surface area contributed by atoms with Crippen molar-refractivity contribution in [2.24, 2.45) is 23.7 Å². The molecule has 4 saturated carbocycles. The molecule has 0 amide bonds. The topological polar surface area (TPSA) is 9.86 Å². The molecule has 4 bridgehead atoms. The standard InChI is InChI=1S/C62H46N2/c1-2-11-41-33-43(21-20-40(41)10-1)42-12-9-13-48(34-42)63-58-18-7-4-15-52(58)54-35-44(22-26-60(54)63)45-23-27-61-55(36-45)53-16-5-8-19-59(53)64(61)49-24-25-51-50-14-3-6-17-56(50)62(57(51)37-49)46-29-38-28-39(31-46)32-47(62)30-38/h1-27,33-39,46-47H,28-32H2. The predicted molar refractivity (Wildman–Crippen MR) is 267 cm³/mol. The normalized spacial score (nSPS) is 21.8. The number of aromatic nitrogens is 2. The van der Waals surface area contributed by atoms with E-state index in [0.29, 0.717) is 0 Å². The molecule has 2 aromatic heterocycles. The smallest absolute Gasteiger partial charge is 0.0541 e. The average molecular weight is 819 g/mol. The molecule has 2 heteroatoms. The lowest BCUT2D eigenvalue weighted by atomic mass is 9.43. The Balaban J connectivity index is 0.858. The maximum Gasteiger partial charge on any atom is 0.0541 e. The third-order valence-electron chi connectivity index (χ3n) is 16.7. The number of hydrogen-bond donors (Lipinski definition) is 0. The van der Waals surface area contributed by atoms with Crippen LogP contribution in [0.1, 0.15) is 43.2 Å². The lowest BCUT2D eigenvalue weighted by Gasteiger charge is -2.61. The number of rotatable bonds is 4. The highest BCUT2D eigenvalue weighted by Gasteiger charge is 2.61. The van der Waals surface area contributed by atoms with Gasteiger partial charge >= 0.3 is 0 Å². The fourth-order valence-corrected chi connectivity index (χ4v) is 14.3. The Morgan fingerprint density at radius 1 is 0.328 bits per heavy atom. The van der Waals surface area contributed by atoms with Crippen molar-refractivity contribution in [3.63, 3.8) is 0 Å². The minimum absolute atomic E-state index is 0.142. The van der Waals surface area contributed by atoms with Gasteiger partial charge in [0.2, 0.25) is 0 Å².